The predicted octanol–water partition coefficient (Wildman–Crippen LogP) is 2.65. The number of rotatable bonds is 10. The monoisotopic (exact) mass is 288 g/mol. The third-order valence-electron chi connectivity index (χ3n) is 2.75. The van der Waals surface area contributed by atoms with E-state index in [1.54, 1.807) is 0 Å². The summed E-state index contributed by atoms with van der Waals surface area (Å²) < 4.78 is 34.5. The van der Waals surface area contributed by atoms with Crippen LogP contribution in [0.25, 0.3) is 0 Å². The lowest BCUT2D eigenvalue weighted by atomic mass is 10.0. The van der Waals surface area contributed by atoms with Crippen molar-refractivity contribution in [3.63, 3.8) is 0 Å². The Balaban J connectivity index is 2.59. The van der Waals surface area contributed by atoms with Crippen molar-refractivity contribution in [1.29, 1.82) is 0 Å². The van der Waals surface area contributed by atoms with Crippen molar-refractivity contribution in [3.8, 4) is 5.75 Å². The van der Waals surface area contributed by atoms with Crippen LogP contribution in [0.2, 0.25) is 0 Å². The second kappa shape index (κ2) is 9.63. The maximum atomic E-state index is 12.0. The Morgan fingerprint density at radius 3 is 2.65 bits per heavy atom. The Morgan fingerprint density at radius 2 is 2.00 bits per heavy atom. The summed E-state index contributed by atoms with van der Waals surface area (Å²) >= 11 is 0. The number of benzene rings is 1. The number of hydrogen-bond donors (Lipinski definition) is 2. The Bertz CT molecular complexity index is 378. The molecule has 0 aromatic heterocycles. The van der Waals surface area contributed by atoms with Crippen LogP contribution in [0.1, 0.15) is 31.4 Å². The molecule has 0 aliphatic heterocycles. The fraction of sp³-hybridized carbons (Fsp3) is 0.571. The van der Waals surface area contributed by atoms with E-state index in [1.807, 2.05) is 31.2 Å². The van der Waals surface area contributed by atoms with Gasteiger partial charge < -0.3 is 9.47 Å². The minimum absolute atomic E-state index is 0.194. The molecule has 0 aliphatic rings. The fourth-order valence-electron chi connectivity index (χ4n) is 1.81. The maximum absolute atomic E-state index is 12.0. The van der Waals surface area contributed by atoms with Gasteiger partial charge in [0.2, 0.25) is 0 Å². The van der Waals surface area contributed by atoms with E-state index < -0.39 is 13.0 Å². The van der Waals surface area contributed by atoms with Gasteiger partial charge in [0.05, 0.1) is 12.6 Å². The molecule has 0 saturated carbocycles. The molecule has 0 heterocycles. The molecule has 1 atom stereocenters. The third kappa shape index (κ3) is 5.81. The van der Waals surface area contributed by atoms with Gasteiger partial charge in [0.15, 0.2) is 0 Å². The molecule has 1 unspecified atom stereocenters. The van der Waals surface area contributed by atoms with E-state index in [4.69, 9.17) is 15.3 Å². The number of halogens is 2. The van der Waals surface area contributed by atoms with E-state index in [9.17, 15) is 8.78 Å². The van der Waals surface area contributed by atoms with Crippen molar-refractivity contribution in [2.45, 2.75) is 32.2 Å². The molecule has 3 N–H and O–H groups in total. The van der Waals surface area contributed by atoms with Crippen LogP contribution in [0, 0.1) is 0 Å². The van der Waals surface area contributed by atoms with Crippen LogP contribution in [0.4, 0.5) is 8.78 Å². The van der Waals surface area contributed by atoms with E-state index in [2.05, 4.69) is 5.43 Å². The molecule has 20 heavy (non-hydrogen) atoms. The lowest BCUT2D eigenvalue weighted by Crippen LogP contribution is -2.29. The summed E-state index contributed by atoms with van der Waals surface area (Å²) in [4.78, 5) is 0. The molecular weight excluding hydrogens is 266 g/mol. The molecule has 0 radical (unpaired) electrons. The number of hydrogen-bond acceptors (Lipinski definition) is 4. The standard InChI is InChI=1S/C14H22F2N2O2/c1-2-8-20-13-6-4-3-5-11(13)12(18-17)7-9-19-10-14(15)16/h3-6,12,14,18H,2,7-10,17H2,1H3. The van der Waals surface area contributed by atoms with Crippen molar-refractivity contribution < 1.29 is 18.3 Å². The highest BCUT2D eigenvalue weighted by Gasteiger charge is 2.15. The molecular formula is C14H22F2N2O2. The van der Waals surface area contributed by atoms with Crippen LogP contribution in [0.5, 0.6) is 5.75 Å². The highest BCUT2D eigenvalue weighted by molar-refractivity contribution is 5.35. The molecule has 0 amide bonds. The molecule has 0 saturated heterocycles. The number of para-hydroxylation sites is 1. The molecule has 1 aromatic rings. The molecule has 6 heteroatoms. The summed E-state index contributed by atoms with van der Waals surface area (Å²) in [5, 5.41) is 0. The number of ether oxygens (including phenoxy) is 2. The third-order valence-corrected chi connectivity index (χ3v) is 2.75. The Hall–Kier alpha value is -1.24. The normalized spacial score (nSPS) is 12.7. The molecule has 0 spiro atoms. The van der Waals surface area contributed by atoms with Crippen molar-refractivity contribution >= 4 is 0 Å². The summed E-state index contributed by atoms with van der Waals surface area (Å²) in [6.07, 6.45) is -1.04. The van der Waals surface area contributed by atoms with Gasteiger partial charge in [0, 0.05) is 12.2 Å². The first-order valence-corrected chi connectivity index (χ1v) is 6.72. The van der Waals surface area contributed by atoms with E-state index in [0.29, 0.717) is 13.0 Å². The van der Waals surface area contributed by atoms with Crippen molar-refractivity contribution in [2.24, 2.45) is 5.84 Å². The SMILES string of the molecule is CCCOc1ccccc1C(CCOCC(F)F)NN. The van der Waals surface area contributed by atoms with E-state index in [1.165, 1.54) is 0 Å². The van der Waals surface area contributed by atoms with Gasteiger partial charge >= 0.3 is 0 Å². The molecule has 114 valence electrons. The van der Waals surface area contributed by atoms with Crippen LogP contribution in [-0.4, -0.2) is 26.2 Å². The van der Waals surface area contributed by atoms with Crippen molar-refractivity contribution in [3.05, 3.63) is 29.8 Å². The zero-order valence-corrected chi connectivity index (χ0v) is 11.6. The van der Waals surface area contributed by atoms with Crippen LogP contribution in [-0.2, 0) is 4.74 Å². The molecule has 0 aliphatic carbocycles. The van der Waals surface area contributed by atoms with Crippen LogP contribution >= 0.6 is 0 Å². The smallest absolute Gasteiger partial charge is 0.261 e. The average Bonchev–Trinajstić information content (AvgIpc) is 2.45. The lowest BCUT2D eigenvalue weighted by molar-refractivity contribution is 0.0143. The van der Waals surface area contributed by atoms with Gasteiger partial charge in [-0.05, 0) is 18.9 Å². The topological polar surface area (TPSA) is 56.5 Å². The number of hydrazine groups is 1. The van der Waals surface area contributed by atoms with Crippen LogP contribution in [0.15, 0.2) is 24.3 Å². The van der Waals surface area contributed by atoms with Gasteiger partial charge in [-0.3, -0.25) is 11.3 Å². The number of nitrogens with two attached hydrogens (primary N) is 1. The quantitative estimate of drug-likeness (QED) is 0.395. The molecule has 1 rings (SSSR count). The molecule has 4 nitrogen and oxygen atoms in total. The number of alkyl halides is 2. The predicted molar refractivity (Wildman–Crippen MR) is 73.7 cm³/mol. The van der Waals surface area contributed by atoms with E-state index >= 15 is 0 Å². The van der Waals surface area contributed by atoms with Gasteiger partial charge in [0.1, 0.15) is 12.4 Å². The van der Waals surface area contributed by atoms with Crippen LogP contribution in [0.3, 0.4) is 0 Å². The highest BCUT2D eigenvalue weighted by atomic mass is 19.3. The first-order valence-electron chi connectivity index (χ1n) is 6.72. The maximum Gasteiger partial charge on any atom is 0.261 e. The van der Waals surface area contributed by atoms with Crippen molar-refractivity contribution in [2.75, 3.05) is 19.8 Å². The summed E-state index contributed by atoms with van der Waals surface area (Å²) in [5.74, 6) is 6.29. The van der Waals surface area contributed by atoms with E-state index in [-0.39, 0.29) is 12.6 Å². The van der Waals surface area contributed by atoms with Gasteiger partial charge in [0.25, 0.3) is 6.43 Å². The zero-order chi connectivity index (χ0) is 14.8. The summed E-state index contributed by atoms with van der Waals surface area (Å²) in [7, 11) is 0. The van der Waals surface area contributed by atoms with Gasteiger partial charge in [-0.25, -0.2) is 8.78 Å². The van der Waals surface area contributed by atoms with E-state index in [0.717, 1.165) is 17.7 Å². The fourth-order valence-corrected chi connectivity index (χ4v) is 1.81. The Labute approximate surface area is 118 Å². The summed E-state index contributed by atoms with van der Waals surface area (Å²) in [6, 6.07) is 7.35. The molecule has 0 fully saturated rings. The first-order chi connectivity index (χ1) is 9.69. The Kier molecular flexibility index (Phi) is 8.10. The Morgan fingerprint density at radius 1 is 1.25 bits per heavy atom. The van der Waals surface area contributed by atoms with Crippen molar-refractivity contribution in [1.82, 2.24) is 5.43 Å². The summed E-state index contributed by atoms with van der Waals surface area (Å²) in [6.45, 7) is 2.31. The lowest BCUT2D eigenvalue weighted by Gasteiger charge is -2.19. The summed E-state index contributed by atoms with van der Waals surface area (Å²) in [5.41, 5.74) is 3.58. The second-order valence-electron chi connectivity index (χ2n) is 4.36. The average molecular weight is 288 g/mol. The van der Waals surface area contributed by atoms with Gasteiger partial charge in [-0.2, -0.15) is 0 Å². The largest absolute Gasteiger partial charge is 0.493 e. The zero-order valence-electron chi connectivity index (χ0n) is 11.6. The highest BCUT2D eigenvalue weighted by Crippen LogP contribution is 2.26. The second-order valence-corrected chi connectivity index (χ2v) is 4.36. The molecule has 1 aromatic carbocycles. The minimum Gasteiger partial charge on any atom is -0.493 e. The van der Waals surface area contributed by atoms with Gasteiger partial charge in [-0.15, -0.1) is 0 Å². The van der Waals surface area contributed by atoms with Crippen LogP contribution < -0.4 is 16.0 Å². The first kappa shape index (κ1) is 16.8. The molecule has 0 bridgehead atoms. The van der Waals surface area contributed by atoms with Gasteiger partial charge in [-0.1, -0.05) is 25.1 Å². The minimum atomic E-state index is -2.44. The number of nitrogens with one attached hydrogen (secondary N) is 1.